The van der Waals surface area contributed by atoms with Crippen molar-refractivity contribution in [3.05, 3.63) is 57.5 Å². The van der Waals surface area contributed by atoms with Gasteiger partial charge >= 0.3 is 11.8 Å². The third kappa shape index (κ3) is 5.86. The highest BCUT2D eigenvalue weighted by Gasteiger charge is 2.14. The smallest absolute Gasteiger partial charge is 0.329 e. The van der Waals surface area contributed by atoms with Gasteiger partial charge < -0.3 is 10.1 Å². The Balaban J connectivity index is 1.99. The molecule has 2 aromatic rings. The number of nitrogens with zero attached hydrogens (tertiary/aromatic N) is 1. The van der Waals surface area contributed by atoms with E-state index < -0.39 is 11.8 Å². The van der Waals surface area contributed by atoms with Crippen molar-refractivity contribution in [3.8, 4) is 5.75 Å². The Labute approximate surface area is 164 Å². The molecule has 136 valence electrons. The van der Waals surface area contributed by atoms with Gasteiger partial charge in [0.25, 0.3) is 0 Å². The zero-order valence-electron chi connectivity index (χ0n) is 14.0. The molecule has 0 heterocycles. The molecule has 0 spiro atoms. The van der Waals surface area contributed by atoms with Crippen LogP contribution in [0.25, 0.3) is 0 Å². The van der Waals surface area contributed by atoms with Crippen LogP contribution in [0, 0.1) is 0 Å². The second-order valence-electron chi connectivity index (χ2n) is 5.16. The van der Waals surface area contributed by atoms with Crippen LogP contribution in [0.1, 0.15) is 18.9 Å². The molecule has 0 aromatic heterocycles. The standard InChI is InChI=1S/C18H17BrClN3O3/c1-2-9-26-16-8-7-13(19)10-12(16)11-21-23-18(25)17(24)22-15-6-4-3-5-14(15)20/h3-8,10-11H,2,9H2,1H3,(H,22,24)(H,23,25)/b21-11-. The van der Waals surface area contributed by atoms with E-state index >= 15 is 0 Å². The summed E-state index contributed by atoms with van der Waals surface area (Å²) in [5.41, 5.74) is 3.19. The molecule has 0 unspecified atom stereocenters. The zero-order valence-corrected chi connectivity index (χ0v) is 16.3. The monoisotopic (exact) mass is 437 g/mol. The Morgan fingerprint density at radius 1 is 1.23 bits per heavy atom. The van der Waals surface area contributed by atoms with Gasteiger partial charge in [0.2, 0.25) is 0 Å². The lowest BCUT2D eigenvalue weighted by molar-refractivity contribution is -0.136. The molecule has 0 fully saturated rings. The van der Waals surface area contributed by atoms with Crippen molar-refractivity contribution in [2.45, 2.75) is 13.3 Å². The maximum atomic E-state index is 11.9. The largest absolute Gasteiger partial charge is 0.493 e. The van der Waals surface area contributed by atoms with Crippen molar-refractivity contribution in [1.29, 1.82) is 0 Å². The number of hydrogen-bond donors (Lipinski definition) is 2. The third-order valence-corrected chi connectivity index (χ3v) is 3.95. The Hall–Kier alpha value is -2.38. The minimum atomic E-state index is -0.910. The molecule has 2 rings (SSSR count). The quantitative estimate of drug-likeness (QED) is 0.407. The van der Waals surface area contributed by atoms with E-state index in [0.717, 1.165) is 10.9 Å². The summed E-state index contributed by atoms with van der Waals surface area (Å²) < 4.78 is 6.46. The minimum Gasteiger partial charge on any atom is -0.493 e. The van der Waals surface area contributed by atoms with Gasteiger partial charge in [0.05, 0.1) is 23.5 Å². The summed E-state index contributed by atoms with van der Waals surface area (Å²) in [4.78, 5) is 23.7. The number of para-hydroxylation sites is 1. The second kappa shape index (κ2) is 9.94. The predicted molar refractivity (Wildman–Crippen MR) is 106 cm³/mol. The first-order chi connectivity index (χ1) is 12.5. The van der Waals surface area contributed by atoms with Gasteiger partial charge in [0, 0.05) is 10.0 Å². The summed E-state index contributed by atoms with van der Waals surface area (Å²) in [7, 11) is 0. The van der Waals surface area contributed by atoms with Crippen LogP contribution in [0.15, 0.2) is 52.0 Å². The molecule has 2 amide bonds. The van der Waals surface area contributed by atoms with Crippen molar-refractivity contribution in [1.82, 2.24) is 5.43 Å². The van der Waals surface area contributed by atoms with Gasteiger partial charge in [-0.25, -0.2) is 5.43 Å². The lowest BCUT2D eigenvalue weighted by Gasteiger charge is -2.08. The number of hydrogen-bond acceptors (Lipinski definition) is 4. The molecular weight excluding hydrogens is 422 g/mol. The summed E-state index contributed by atoms with van der Waals surface area (Å²) in [5, 5.41) is 6.57. The fourth-order valence-electron chi connectivity index (χ4n) is 1.92. The molecule has 0 saturated carbocycles. The van der Waals surface area contributed by atoms with Gasteiger partial charge in [-0.15, -0.1) is 0 Å². The number of ether oxygens (including phenoxy) is 1. The number of amides is 2. The van der Waals surface area contributed by atoms with E-state index in [4.69, 9.17) is 16.3 Å². The maximum Gasteiger partial charge on any atom is 0.329 e. The number of anilines is 1. The van der Waals surface area contributed by atoms with Crippen LogP contribution >= 0.6 is 27.5 Å². The highest BCUT2D eigenvalue weighted by atomic mass is 79.9. The van der Waals surface area contributed by atoms with Crippen molar-refractivity contribution in [2.24, 2.45) is 5.10 Å². The first-order valence-corrected chi connectivity index (χ1v) is 8.99. The second-order valence-corrected chi connectivity index (χ2v) is 6.49. The first-order valence-electron chi connectivity index (χ1n) is 7.82. The molecule has 2 N–H and O–H groups in total. The SMILES string of the molecule is CCCOc1ccc(Br)cc1/C=N\NC(=O)C(=O)Nc1ccccc1Cl. The molecule has 0 aliphatic heterocycles. The number of hydrazone groups is 1. The number of nitrogens with one attached hydrogen (secondary N) is 2. The Morgan fingerprint density at radius 3 is 2.73 bits per heavy atom. The topological polar surface area (TPSA) is 79.8 Å². The van der Waals surface area contributed by atoms with Crippen LogP contribution in [-0.4, -0.2) is 24.6 Å². The number of halogens is 2. The lowest BCUT2D eigenvalue weighted by Crippen LogP contribution is -2.32. The predicted octanol–water partition coefficient (Wildman–Crippen LogP) is 3.98. The van der Waals surface area contributed by atoms with Crippen molar-refractivity contribution in [2.75, 3.05) is 11.9 Å². The van der Waals surface area contributed by atoms with Gasteiger partial charge in [-0.2, -0.15) is 5.10 Å². The number of carbonyl (C=O) groups is 2. The van der Waals surface area contributed by atoms with Gasteiger partial charge in [-0.05, 0) is 36.8 Å². The molecule has 0 radical (unpaired) electrons. The number of benzene rings is 2. The Morgan fingerprint density at radius 2 is 2.00 bits per heavy atom. The minimum absolute atomic E-state index is 0.337. The van der Waals surface area contributed by atoms with E-state index in [2.05, 4.69) is 31.8 Å². The van der Waals surface area contributed by atoms with Crippen LogP contribution in [-0.2, 0) is 9.59 Å². The average Bonchev–Trinajstić information content (AvgIpc) is 2.62. The van der Waals surface area contributed by atoms with E-state index in [0.29, 0.717) is 28.6 Å². The summed E-state index contributed by atoms with van der Waals surface area (Å²) >= 11 is 9.31. The molecule has 2 aromatic carbocycles. The molecule has 8 heteroatoms. The van der Waals surface area contributed by atoms with Crippen LogP contribution in [0.5, 0.6) is 5.75 Å². The van der Waals surface area contributed by atoms with Gasteiger partial charge in [-0.3, -0.25) is 9.59 Å². The van der Waals surface area contributed by atoms with Crippen LogP contribution in [0.2, 0.25) is 5.02 Å². The van der Waals surface area contributed by atoms with Crippen LogP contribution < -0.4 is 15.5 Å². The van der Waals surface area contributed by atoms with Gasteiger partial charge in [-0.1, -0.05) is 46.6 Å². The number of rotatable bonds is 6. The maximum absolute atomic E-state index is 11.9. The van der Waals surface area contributed by atoms with E-state index in [-0.39, 0.29) is 0 Å². The highest BCUT2D eigenvalue weighted by molar-refractivity contribution is 9.10. The van der Waals surface area contributed by atoms with E-state index in [1.807, 2.05) is 13.0 Å². The van der Waals surface area contributed by atoms with Crippen LogP contribution in [0.4, 0.5) is 5.69 Å². The number of carbonyl (C=O) groups excluding carboxylic acids is 2. The Bertz CT molecular complexity index is 827. The summed E-state index contributed by atoms with van der Waals surface area (Å²) in [6.45, 7) is 2.57. The van der Waals surface area contributed by atoms with Crippen molar-refractivity contribution >= 4 is 51.2 Å². The Kier molecular flexibility index (Phi) is 7.62. The van der Waals surface area contributed by atoms with Gasteiger partial charge in [0.15, 0.2) is 0 Å². The fourth-order valence-corrected chi connectivity index (χ4v) is 2.48. The van der Waals surface area contributed by atoms with Gasteiger partial charge in [0.1, 0.15) is 5.75 Å². The van der Waals surface area contributed by atoms with Crippen LogP contribution in [0.3, 0.4) is 0 Å². The molecule has 0 bridgehead atoms. The summed E-state index contributed by atoms with van der Waals surface area (Å²) in [6, 6.07) is 12.1. The van der Waals surface area contributed by atoms with Crippen molar-refractivity contribution in [3.63, 3.8) is 0 Å². The van der Waals surface area contributed by atoms with E-state index in [9.17, 15) is 9.59 Å². The molecule has 0 saturated heterocycles. The molecule has 6 nitrogen and oxygen atoms in total. The highest BCUT2D eigenvalue weighted by Crippen LogP contribution is 2.22. The molecule has 0 atom stereocenters. The molecule has 0 aliphatic rings. The summed E-state index contributed by atoms with van der Waals surface area (Å²) in [5.74, 6) is -1.15. The molecular formula is C18H17BrClN3O3. The first kappa shape index (κ1) is 19.9. The summed E-state index contributed by atoms with van der Waals surface area (Å²) in [6.07, 6.45) is 2.28. The molecule has 26 heavy (non-hydrogen) atoms. The lowest BCUT2D eigenvalue weighted by atomic mass is 10.2. The molecule has 0 aliphatic carbocycles. The normalized spacial score (nSPS) is 10.6. The fraction of sp³-hybridized carbons (Fsp3) is 0.167. The van der Waals surface area contributed by atoms with E-state index in [1.165, 1.54) is 6.21 Å². The third-order valence-electron chi connectivity index (χ3n) is 3.13. The average molecular weight is 439 g/mol. The van der Waals surface area contributed by atoms with E-state index in [1.54, 1.807) is 36.4 Å². The van der Waals surface area contributed by atoms with Crippen molar-refractivity contribution < 1.29 is 14.3 Å². The zero-order chi connectivity index (χ0) is 18.9.